The number of fused-ring (bicyclic) bond motifs is 1. The molecule has 4 nitrogen and oxygen atoms in total. The minimum Gasteiger partial charge on any atom is -0.355 e. The molecular formula is C14H14ClN3O. The van der Waals surface area contributed by atoms with Crippen molar-refractivity contribution < 1.29 is 0 Å². The SMILES string of the molecule is O=c1[nH]c(NCC2Cc3ccccc3C2)ncc1Cl. The van der Waals surface area contributed by atoms with E-state index in [9.17, 15) is 4.79 Å². The van der Waals surface area contributed by atoms with Gasteiger partial charge in [0.15, 0.2) is 0 Å². The molecule has 1 heterocycles. The lowest BCUT2D eigenvalue weighted by Crippen LogP contribution is -2.18. The lowest BCUT2D eigenvalue weighted by Gasteiger charge is -2.10. The van der Waals surface area contributed by atoms with Crippen LogP contribution in [-0.2, 0) is 12.8 Å². The average Bonchev–Trinajstić information content (AvgIpc) is 2.83. The number of aromatic amines is 1. The number of halogens is 1. The Morgan fingerprint density at radius 3 is 2.63 bits per heavy atom. The lowest BCUT2D eigenvalue weighted by molar-refractivity contribution is 0.591. The van der Waals surface area contributed by atoms with Gasteiger partial charge < -0.3 is 5.32 Å². The number of H-pyrrole nitrogens is 1. The van der Waals surface area contributed by atoms with Crippen LogP contribution in [0.25, 0.3) is 0 Å². The largest absolute Gasteiger partial charge is 0.355 e. The lowest BCUT2D eigenvalue weighted by atomic mass is 10.1. The van der Waals surface area contributed by atoms with Crippen LogP contribution in [0.5, 0.6) is 0 Å². The Kier molecular flexibility index (Phi) is 3.25. The first-order valence-corrected chi connectivity index (χ1v) is 6.65. The summed E-state index contributed by atoms with van der Waals surface area (Å²) in [6.07, 6.45) is 3.51. The first kappa shape index (κ1) is 12.2. The quantitative estimate of drug-likeness (QED) is 0.903. The molecule has 1 aliphatic rings. The van der Waals surface area contributed by atoms with Crippen LogP contribution in [0.15, 0.2) is 35.3 Å². The Balaban J connectivity index is 1.62. The normalized spacial score (nSPS) is 14.4. The van der Waals surface area contributed by atoms with Gasteiger partial charge in [0.1, 0.15) is 5.02 Å². The van der Waals surface area contributed by atoms with Crippen molar-refractivity contribution in [2.45, 2.75) is 12.8 Å². The molecule has 1 aromatic carbocycles. The summed E-state index contributed by atoms with van der Waals surface area (Å²) in [6, 6.07) is 8.51. The third-order valence-corrected chi connectivity index (χ3v) is 3.72. The molecule has 1 aromatic heterocycles. The van der Waals surface area contributed by atoms with Crippen molar-refractivity contribution >= 4 is 17.5 Å². The Morgan fingerprint density at radius 1 is 1.32 bits per heavy atom. The van der Waals surface area contributed by atoms with E-state index in [2.05, 4.69) is 39.6 Å². The van der Waals surface area contributed by atoms with Crippen molar-refractivity contribution in [2.75, 3.05) is 11.9 Å². The molecule has 0 atom stereocenters. The molecule has 2 N–H and O–H groups in total. The summed E-state index contributed by atoms with van der Waals surface area (Å²) in [5.74, 6) is 1.02. The highest BCUT2D eigenvalue weighted by Gasteiger charge is 2.20. The van der Waals surface area contributed by atoms with Gasteiger partial charge in [-0.25, -0.2) is 4.98 Å². The van der Waals surface area contributed by atoms with Crippen molar-refractivity contribution in [3.63, 3.8) is 0 Å². The van der Waals surface area contributed by atoms with Crippen LogP contribution in [0.1, 0.15) is 11.1 Å². The molecule has 0 bridgehead atoms. The van der Waals surface area contributed by atoms with Crippen molar-refractivity contribution in [2.24, 2.45) is 5.92 Å². The summed E-state index contributed by atoms with van der Waals surface area (Å²) in [4.78, 5) is 18.0. The third kappa shape index (κ3) is 2.63. The van der Waals surface area contributed by atoms with Crippen LogP contribution in [0.4, 0.5) is 5.95 Å². The molecule has 0 unspecified atom stereocenters. The van der Waals surface area contributed by atoms with E-state index in [0.717, 1.165) is 19.4 Å². The summed E-state index contributed by atoms with van der Waals surface area (Å²) in [5, 5.41) is 3.27. The topological polar surface area (TPSA) is 57.8 Å². The molecular weight excluding hydrogens is 262 g/mol. The molecule has 1 aliphatic carbocycles. The second kappa shape index (κ2) is 5.05. The molecule has 3 rings (SSSR count). The Hall–Kier alpha value is -1.81. The highest BCUT2D eigenvalue weighted by Crippen LogP contribution is 2.26. The van der Waals surface area contributed by atoms with Gasteiger partial charge in [-0.3, -0.25) is 9.78 Å². The van der Waals surface area contributed by atoms with Gasteiger partial charge in [0.05, 0.1) is 6.20 Å². The molecule has 0 radical (unpaired) electrons. The van der Waals surface area contributed by atoms with E-state index in [-0.39, 0.29) is 10.6 Å². The minimum absolute atomic E-state index is 0.110. The van der Waals surface area contributed by atoms with Gasteiger partial charge in [0.2, 0.25) is 5.95 Å². The number of aromatic nitrogens is 2. The molecule has 5 heteroatoms. The van der Waals surface area contributed by atoms with E-state index in [0.29, 0.717) is 11.9 Å². The van der Waals surface area contributed by atoms with E-state index in [1.807, 2.05) is 0 Å². The van der Waals surface area contributed by atoms with E-state index in [4.69, 9.17) is 11.6 Å². The molecule has 0 aliphatic heterocycles. The molecule has 98 valence electrons. The predicted octanol–water partition coefficient (Wildman–Crippen LogP) is 2.25. The number of nitrogens with zero attached hydrogens (tertiary/aromatic N) is 1. The van der Waals surface area contributed by atoms with Crippen LogP contribution < -0.4 is 10.9 Å². The van der Waals surface area contributed by atoms with Crippen LogP contribution in [0.3, 0.4) is 0 Å². The number of anilines is 1. The van der Waals surface area contributed by atoms with Crippen LogP contribution >= 0.6 is 11.6 Å². The van der Waals surface area contributed by atoms with Crippen LogP contribution in [-0.4, -0.2) is 16.5 Å². The monoisotopic (exact) mass is 275 g/mol. The molecule has 0 fully saturated rings. The molecule has 0 spiro atoms. The van der Waals surface area contributed by atoms with Gasteiger partial charge in [0.25, 0.3) is 5.56 Å². The summed E-state index contributed by atoms with van der Waals surface area (Å²) in [6.45, 7) is 0.791. The fourth-order valence-electron chi connectivity index (χ4n) is 2.50. The third-order valence-electron chi connectivity index (χ3n) is 3.45. The van der Waals surface area contributed by atoms with Gasteiger partial charge in [0, 0.05) is 6.54 Å². The van der Waals surface area contributed by atoms with Gasteiger partial charge in [-0.2, -0.15) is 0 Å². The minimum atomic E-state index is -0.311. The standard InChI is InChI=1S/C14H14ClN3O/c15-12-8-17-14(18-13(12)19)16-7-9-5-10-3-1-2-4-11(10)6-9/h1-4,8-9H,5-7H2,(H2,16,17,18,19). The van der Waals surface area contributed by atoms with E-state index < -0.39 is 0 Å². The fraction of sp³-hybridized carbons (Fsp3) is 0.286. The zero-order valence-corrected chi connectivity index (χ0v) is 11.1. The van der Waals surface area contributed by atoms with Gasteiger partial charge >= 0.3 is 0 Å². The summed E-state index contributed by atoms with van der Waals surface area (Å²) in [7, 11) is 0. The average molecular weight is 276 g/mol. The zero-order valence-electron chi connectivity index (χ0n) is 10.3. The van der Waals surface area contributed by atoms with E-state index in [1.165, 1.54) is 17.3 Å². The summed E-state index contributed by atoms with van der Waals surface area (Å²) in [5.41, 5.74) is 2.53. The van der Waals surface area contributed by atoms with Gasteiger partial charge in [-0.05, 0) is 29.9 Å². The van der Waals surface area contributed by atoms with Crippen molar-refractivity contribution in [3.8, 4) is 0 Å². The maximum Gasteiger partial charge on any atom is 0.271 e. The Bertz CT molecular complexity index is 628. The highest BCUT2D eigenvalue weighted by atomic mass is 35.5. The predicted molar refractivity (Wildman–Crippen MR) is 75.7 cm³/mol. The molecule has 2 aromatic rings. The molecule has 0 saturated carbocycles. The van der Waals surface area contributed by atoms with Crippen molar-refractivity contribution in [1.82, 2.24) is 9.97 Å². The van der Waals surface area contributed by atoms with E-state index in [1.54, 1.807) is 0 Å². The highest BCUT2D eigenvalue weighted by molar-refractivity contribution is 6.30. The maximum absolute atomic E-state index is 11.3. The Labute approximate surface area is 115 Å². The smallest absolute Gasteiger partial charge is 0.271 e. The first-order valence-electron chi connectivity index (χ1n) is 6.28. The first-order chi connectivity index (χ1) is 9.22. The Morgan fingerprint density at radius 2 is 2.00 bits per heavy atom. The zero-order chi connectivity index (χ0) is 13.2. The number of hydrogen-bond donors (Lipinski definition) is 2. The fourth-order valence-corrected chi connectivity index (χ4v) is 2.60. The number of benzene rings is 1. The van der Waals surface area contributed by atoms with Gasteiger partial charge in [-0.1, -0.05) is 35.9 Å². The number of hydrogen-bond acceptors (Lipinski definition) is 3. The summed E-state index contributed by atoms with van der Waals surface area (Å²) < 4.78 is 0. The molecule has 19 heavy (non-hydrogen) atoms. The van der Waals surface area contributed by atoms with Gasteiger partial charge in [-0.15, -0.1) is 0 Å². The maximum atomic E-state index is 11.3. The second-order valence-corrected chi connectivity index (χ2v) is 5.24. The molecule has 0 saturated heterocycles. The van der Waals surface area contributed by atoms with Crippen molar-refractivity contribution in [3.05, 3.63) is 57.0 Å². The molecule has 0 amide bonds. The van der Waals surface area contributed by atoms with Crippen LogP contribution in [0, 0.1) is 5.92 Å². The number of nitrogens with one attached hydrogen (secondary N) is 2. The van der Waals surface area contributed by atoms with Crippen LogP contribution in [0.2, 0.25) is 5.02 Å². The summed E-state index contributed by atoms with van der Waals surface area (Å²) >= 11 is 5.63. The van der Waals surface area contributed by atoms with Crippen molar-refractivity contribution in [1.29, 1.82) is 0 Å². The second-order valence-electron chi connectivity index (χ2n) is 4.83. The van der Waals surface area contributed by atoms with E-state index >= 15 is 0 Å². The number of rotatable bonds is 3.